The lowest BCUT2D eigenvalue weighted by Gasteiger charge is -2.30. The molecular formula is C25H30N4O. The maximum Gasteiger partial charge on any atom is 0.111 e. The molecule has 0 bridgehead atoms. The minimum absolute atomic E-state index is 0.256. The van der Waals surface area contributed by atoms with Gasteiger partial charge >= 0.3 is 0 Å². The highest BCUT2D eigenvalue weighted by atomic mass is 16.3. The Balaban J connectivity index is 1.33. The highest BCUT2D eigenvalue weighted by Gasteiger charge is 2.53. The molecule has 0 spiro atoms. The molecule has 156 valence electrons. The van der Waals surface area contributed by atoms with Gasteiger partial charge in [0.05, 0.1) is 17.1 Å². The van der Waals surface area contributed by atoms with Crippen molar-refractivity contribution in [2.75, 3.05) is 13.1 Å². The number of hydrogen-bond acceptors (Lipinski definition) is 4. The van der Waals surface area contributed by atoms with Crippen molar-refractivity contribution in [2.45, 2.75) is 45.8 Å². The van der Waals surface area contributed by atoms with Crippen LogP contribution in [0.3, 0.4) is 0 Å². The third-order valence-electron chi connectivity index (χ3n) is 6.95. The van der Waals surface area contributed by atoms with Crippen molar-refractivity contribution in [3.05, 3.63) is 76.9 Å². The van der Waals surface area contributed by atoms with Crippen LogP contribution in [-0.4, -0.2) is 37.9 Å². The van der Waals surface area contributed by atoms with Gasteiger partial charge in [-0.05, 0) is 74.9 Å². The summed E-state index contributed by atoms with van der Waals surface area (Å²) in [6, 6.07) is 14.8. The van der Waals surface area contributed by atoms with Crippen molar-refractivity contribution in [3.63, 3.8) is 0 Å². The summed E-state index contributed by atoms with van der Waals surface area (Å²) in [6.45, 7) is 9.02. The van der Waals surface area contributed by atoms with E-state index in [1.807, 2.05) is 30.8 Å². The fourth-order valence-corrected chi connectivity index (χ4v) is 5.49. The van der Waals surface area contributed by atoms with Crippen molar-refractivity contribution < 1.29 is 5.11 Å². The van der Waals surface area contributed by atoms with Crippen LogP contribution < -0.4 is 0 Å². The first-order valence-electron chi connectivity index (χ1n) is 10.9. The van der Waals surface area contributed by atoms with Crippen molar-refractivity contribution in [1.82, 2.24) is 19.7 Å². The van der Waals surface area contributed by atoms with E-state index in [2.05, 4.69) is 58.3 Å². The number of pyridine rings is 1. The zero-order valence-electron chi connectivity index (χ0n) is 18.0. The second-order valence-corrected chi connectivity index (χ2v) is 9.25. The molecule has 3 atom stereocenters. The molecule has 0 radical (unpaired) electrons. The first-order chi connectivity index (χ1) is 14.4. The highest BCUT2D eigenvalue weighted by Crippen LogP contribution is 2.50. The van der Waals surface area contributed by atoms with Crippen LogP contribution in [0.15, 0.2) is 48.7 Å². The molecule has 1 aromatic carbocycles. The van der Waals surface area contributed by atoms with Gasteiger partial charge < -0.3 is 5.11 Å². The molecule has 1 aliphatic carbocycles. The maximum absolute atomic E-state index is 11.5. The summed E-state index contributed by atoms with van der Waals surface area (Å²) in [7, 11) is 0. The van der Waals surface area contributed by atoms with Crippen molar-refractivity contribution in [2.24, 2.45) is 11.8 Å². The standard InChI is InChI=1S/C25H30N4O/c1-17-7-8-24(26-13-17)25(30)10-9-21-15-28(16-23(21)25)14-20-5-4-6-22(12-20)29-19(3)11-18(2)27-29/h4-8,11-13,21,23,30H,9-10,14-16H2,1-3H3/t21-,23+,25-/m1/s1. The molecule has 3 aromatic rings. The van der Waals surface area contributed by atoms with Gasteiger partial charge in [0.15, 0.2) is 0 Å². The summed E-state index contributed by atoms with van der Waals surface area (Å²) < 4.78 is 2.01. The lowest BCUT2D eigenvalue weighted by Crippen LogP contribution is -2.35. The minimum Gasteiger partial charge on any atom is -0.383 e. The average Bonchev–Trinajstić information content (AvgIpc) is 3.37. The number of aromatic nitrogens is 3. The highest BCUT2D eigenvalue weighted by molar-refractivity contribution is 5.37. The Labute approximate surface area is 178 Å². The van der Waals surface area contributed by atoms with Gasteiger partial charge in [-0.25, -0.2) is 4.68 Å². The summed E-state index contributed by atoms with van der Waals surface area (Å²) in [5.74, 6) is 0.796. The summed E-state index contributed by atoms with van der Waals surface area (Å²) in [4.78, 5) is 7.07. The number of nitrogens with zero attached hydrogens (tertiary/aromatic N) is 4. The van der Waals surface area contributed by atoms with Gasteiger partial charge in [-0.2, -0.15) is 5.10 Å². The Morgan fingerprint density at radius 2 is 1.97 bits per heavy atom. The molecule has 0 unspecified atom stereocenters. The first-order valence-corrected chi connectivity index (χ1v) is 10.9. The van der Waals surface area contributed by atoms with E-state index in [9.17, 15) is 5.11 Å². The maximum atomic E-state index is 11.5. The number of hydrogen-bond donors (Lipinski definition) is 1. The molecule has 1 aliphatic heterocycles. The van der Waals surface area contributed by atoms with Gasteiger partial charge in [-0.15, -0.1) is 0 Å². The smallest absolute Gasteiger partial charge is 0.111 e. The fourth-order valence-electron chi connectivity index (χ4n) is 5.49. The molecule has 2 aromatic heterocycles. The number of likely N-dealkylation sites (tertiary alicyclic amines) is 1. The van der Waals surface area contributed by atoms with E-state index in [4.69, 9.17) is 0 Å². The minimum atomic E-state index is -0.793. The molecule has 5 heteroatoms. The molecule has 5 rings (SSSR count). The van der Waals surface area contributed by atoms with Crippen LogP contribution in [0.4, 0.5) is 0 Å². The van der Waals surface area contributed by atoms with Crippen LogP contribution in [0, 0.1) is 32.6 Å². The lowest BCUT2D eigenvalue weighted by molar-refractivity contribution is -0.0108. The van der Waals surface area contributed by atoms with E-state index < -0.39 is 5.60 Å². The molecular weight excluding hydrogens is 372 g/mol. The van der Waals surface area contributed by atoms with Crippen LogP contribution in [0.5, 0.6) is 0 Å². The SMILES string of the molecule is Cc1ccc([C@@]2(O)CC[C@@H]3CN(Cc4cccc(-n5nc(C)cc5C)c4)C[C@@H]32)nc1. The monoisotopic (exact) mass is 402 g/mol. The molecule has 2 fully saturated rings. The quantitative estimate of drug-likeness (QED) is 0.719. The van der Waals surface area contributed by atoms with Crippen molar-refractivity contribution in [3.8, 4) is 5.69 Å². The van der Waals surface area contributed by atoms with E-state index in [0.29, 0.717) is 5.92 Å². The molecule has 3 heterocycles. The molecule has 1 saturated carbocycles. The second kappa shape index (κ2) is 7.33. The zero-order chi connectivity index (χ0) is 20.9. The molecule has 1 saturated heterocycles. The predicted octanol–water partition coefficient (Wildman–Crippen LogP) is 3.92. The molecule has 0 amide bonds. The van der Waals surface area contributed by atoms with E-state index >= 15 is 0 Å². The van der Waals surface area contributed by atoms with Crippen LogP contribution in [0.1, 0.15) is 41.1 Å². The summed E-state index contributed by atoms with van der Waals surface area (Å²) in [5.41, 5.74) is 5.76. The molecule has 1 N–H and O–H groups in total. The van der Waals surface area contributed by atoms with Crippen LogP contribution in [0.2, 0.25) is 0 Å². The van der Waals surface area contributed by atoms with Gasteiger partial charge in [0.2, 0.25) is 0 Å². The zero-order valence-corrected chi connectivity index (χ0v) is 18.0. The number of rotatable bonds is 4. The Morgan fingerprint density at radius 1 is 1.10 bits per heavy atom. The van der Waals surface area contributed by atoms with E-state index in [1.165, 1.54) is 5.56 Å². The number of benzene rings is 1. The Bertz CT molecular complexity index is 1060. The van der Waals surface area contributed by atoms with Gasteiger partial charge in [0.1, 0.15) is 5.60 Å². The van der Waals surface area contributed by atoms with Gasteiger partial charge in [-0.1, -0.05) is 18.2 Å². The van der Waals surface area contributed by atoms with E-state index in [1.54, 1.807) is 0 Å². The number of aryl methyl sites for hydroxylation is 3. The number of fused-ring (bicyclic) bond motifs is 1. The van der Waals surface area contributed by atoms with Gasteiger partial charge in [0, 0.05) is 37.4 Å². The normalized spacial score (nSPS) is 26.3. The van der Waals surface area contributed by atoms with Gasteiger partial charge in [0.25, 0.3) is 0 Å². The van der Waals surface area contributed by atoms with E-state index in [0.717, 1.165) is 60.8 Å². The molecule has 30 heavy (non-hydrogen) atoms. The lowest BCUT2D eigenvalue weighted by atomic mass is 9.85. The summed E-state index contributed by atoms with van der Waals surface area (Å²) in [5, 5.41) is 16.2. The van der Waals surface area contributed by atoms with E-state index in [-0.39, 0.29) is 5.92 Å². The summed E-state index contributed by atoms with van der Waals surface area (Å²) >= 11 is 0. The molecule has 5 nitrogen and oxygen atoms in total. The Hall–Kier alpha value is -2.50. The first kappa shape index (κ1) is 19.5. The van der Waals surface area contributed by atoms with Crippen LogP contribution in [-0.2, 0) is 12.1 Å². The summed E-state index contributed by atoms with van der Waals surface area (Å²) in [6.07, 6.45) is 3.76. The average molecular weight is 403 g/mol. The van der Waals surface area contributed by atoms with Crippen LogP contribution in [0.25, 0.3) is 5.69 Å². The Morgan fingerprint density at radius 3 is 2.70 bits per heavy atom. The van der Waals surface area contributed by atoms with Crippen molar-refractivity contribution >= 4 is 0 Å². The number of aliphatic hydroxyl groups is 1. The third-order valence-corrected chi connectivity index (χ3v) is 6.95. The predicted molar refractivity (Wildman–Crippen MR) is 117 cm³/mol. The molecule has 2 aliphatic rings. The fraction of sp³-hybridized carbons (Fsp3) is 0.440. The second-order valence-electron chi connectivity index (χ2n) is 9.25. The van der Waals surface area contributed by atoms with Gasteiger partial charge in [-0.3, -0.25) is 9.88 Å². The topological polar surface area (TPSA) is 54.2 Å². The van der Waals surface area contributed by atoms with Crippen LogP contribution >= 0.6 is 0 Å². The largest absolute Gasteiger partial charge is 0.383 e. The third kappa shape index (κ3) is 3.36. The Kier molecular flexibility index (Phi) is 4.75. The van der Waals surface area contributed by atoms with Crippen molar-refractivity contribution in [1.29, 1.82) is 0 Å².